The first-order chi connectivity index (χ1) is 13.5. The zero-order valence-electron chi connectivity index (χ0n) is 16.0. The molecule has 0 fully saturated rings. The van der Waals surface area contributed by atoms with Crippen LogP contribution in [0.1, 0.15) is 16.7 Å². The summed E-state index contributed by atoms with van der Waals surface area (Å²) in [6, 6.07) is 12.6. The van der Waals surface area contributed by atoms with Crippen LogP contribution in [-0.2, 0) is 6.54 Å². The number of nitrogens with zero attached hydrogens (tertiary/aromatic N) is 2. The molecule has 1 aromatic carbocycles. The molecule has 0 aliphatic heterocycles. The van der Waals surface area contributed by atoms with E-state index in [-0.39, 0.29) is 6.03 Å². The Morgan fingerprint density at radius 2 is 1.93 bits per heavy atom. The summed E-state index contributed by atoms with van der Waals surface area (Å²) in [7, 11) is 1.54. The van der Waals surface area contributed by atoms with Crippen LogP contribution in [0.4, 0.5) is 10.5 Å². The number of ether oxygens (including phenoxy) is 2. The first-order valence-electron chi connectivity index (χ1n) is 8.79. The number of urea groups is 1. The van der Waals surface area contributed by atoms with Crippen LogP contribution in [0.15, 0.2) is 54.9 Å². The van der Waals surface area contributed by atoms with Crippen molar-refractivity contribution in [3.63, 3.8) is 0 Å². The molecule has 28 heavy (non-hydrogen) atoms. The Hall–Kier alpha value is -3.61. The second-order valence-electron chi connectivity index (χ2n) is 6.21. The topological polar surface area (TPSA) is 85.4 Å². The highest BCUT2D eigenvalue weighted by molar-refractivity contribution is 5.89. The molecule has 0 aliphatic carbocycles. The van der Waals surface area contributed by atoms with Crippen LogP contribution in [0, 0.1) is 13.8 Å². The Balaban J connectivity index is 1.54. The minimum absolute atomic E-state index is 0.296. The Kier molecular flexibility index (Phi) is 6.06. The molecule has 3 rings (SSSR count). The summed E-state index contributed by atoms with van der Waals surface area (Å²) in [6.07, 6.45) is 3.18. The number of nitrogens with one attached hydrogen (secondary N) is 2. The summed E-state index contributed by atoms with van der Waals surface area (Å²) in [5.41, 5.74) is 3.70. The van der Waals surface area contributed by atoms with Crippen LogP contribution >= 0.6 is 0 Å². The number of anilines is 1. The van der Waals surface area contributed by atoms with Crippen molar-refractivity contribution in [1.82, 2.24) is 15.3 Å². The summed E-state index contributed by atoms with van der Waals surface area (Å²) < 4.78 is 10.9. The molecule has 2 aromatic heterocycles. The normalized spacial score (nSPS) is 10.2. The van der Waals surface area contributed by atoms with Gasteiger partial charge in [-0.15, -0.1) is 0 Å². The Bertz CT molecular complexity index is 958. The molecule has 0 unspecified atom stereocenters. The number of carbonyl (C=O) groups excluding carboxylic acids is 1. The Labute approximate surface area is 163 Å². The Morgan fingerprint density at radius 3 is 2.64 bits per heavy atom. The third-order valence-corrected chi connectivity index (χ3v) is 4.18. The summed E-state index contributed by atoms with van der Waals surface area (Å²) in [4.78, 5) is 20.4. The van der Waals surface area contributed by atoms with E-state index >= 15 is 0 Å². The van der Waals surface area contributed by atoms with Crippen molar-refractivity contribution in [1.29, 1.82) is 0 Å². The average molecular weight is 378 g/mol. The van der Waals surface area contributed by atoms with E-state index in [0.717, 1.165) is 16.9 Å². The fourth-order valence-electron chi connectivity index (χ4n) is 2.51. The number of rotatable bonds is 6. The third-order valence-electron chi connectivity index (χ3n) is 4.18. The number of methoxy groups -OCH3 is 1. The van der Waals surface area contributed by atoms with E-state index in [9.17, 15) is 4.79 Å². The number of hydrogen-bond donors (Lipinski definition) is 2. The van der Waals surface area contributed by atoms with Crippen molar-refractivity contribution in [2.24, 2.45) is 0 Å². The van der Waals surface area contributed by atoms with Gasteiger partial charge in [0.15, 0.2) is 0 Å². The van der Waals surface area contributed by atoms with Gasteiger partial charge in [0.25, 0.3) is 0 Å². The van der Waals surface area contributed by atoms with Gasteiger partial charge in [-0.3, -0.25) is 0 Å². The first kappa shape index (κ1) is 19.2. The lowest BCUT2D eigenvalue weighted by Gasteiger charge is -2.10. The monoisotopic (exact) mass is 378 g/mol. The molecule has 7 heteroatoms. The maximum Gasteiger partial charge on any atom is 0.319 e. The van der Waals surface area contributed by atoms with E-state index in [1.807, 2.05) is 38.1 Å². The van der Waals surface area contributed by atoms with Crippen molar-refractivity contribution in [2.75, 3.05) is 12.4 Å². The highest BCUT2D eigenvalue weighted by atomic mass is 16.5. The van der Waals surface area contributed by atoms with Gasteiger partial charge in [-0.25, -0.2) is 14.8 Å². The minimum Gasteiger partial charge on any atom is -0.481 e. The molecule has 0 bridgehead atoms. The van der Waals surface area contributed by atoms with Gasteiger partial charge in [0.1, 0.15) is 5.75 Å². The first-order valence-corrected chi connectivity index (χ1v) is 8.79. The molecule has 3 aromatic rings. The second-order valence-corrected chi connectivity index (χ2v) is 6.21. The van der Waals surface area contributed by atoms with Gasteiger partial charge in [0.2, 0.25) is 11.8 Å². The number of aryl methyl sites for hydroxylation is 2. The van der Waals surface area contributed by atoms with Crippen molar-refractivity contribution in [3.8, 4) is 17.5 Å². The molecule has 0 aliphatic rings. The highest BCUT2D eigenvalue weighted by Gasteiger charge is 2.07. The molecular weight excluding hydrogens is 356 g/mol. The van der Waals surface area contributed by atoms with E-state index in [4.69, 9.17) is 9.47 Å². The zero-order valence-corrected chi connectivity index (χ0v) is 16.0. The van der Waals surface area contributed by atoms with Crippen molar-refractivity contribution < 1.29 is 14.3 Å². The molecule has 0 atom stereocenters. The average Bonchev–Trinajstić information content (AvgIpc) is 2.71. The SMILES string of the molecule is COc1ncccc1CNC(=O)Nc1ccc(Oc2ccc(C)c(C)c2)nc1. The van der Waals surface area contributed by atoms with Crippen LogP contribution in [0.5, 0.6) is 17.5 Å². The maximum absolute atomic E-state index is 12.1. The van der Waals surface area contributed by atoms with Crippen molar-refractivity contribution >= 4 is 11.7 Å². The number of hydrogen-bond acceptors (Lipinski definition) is 5. The number of carbonyl (C=O) groups is 1. The molecule has 0 saturated heterocycles. The van der Waals surface area contributed by atoms with Crippen molar-refractivity contribution in [3.05, 3.63) is 71.5 Å². The van der Waals surface area contributed by atoms with Crippen molar-refractivity contribution in [2.45, 2.75) is 20.4 Å². The second kappa shape index (κ2) is 8.85. The lowest BCUT2D eigenvalue weighted by Crippen LogP contribution is -2.28. The molecule has 0 spiro atoms. The van der Waals surface area contributed by atoms with Crippen LogP contribution in [0.3, 0.4) is 0 Å². The predicted octanol–water partition coefficient (Wildman–Crippen LogP) is 4.22. The largest absolute Gasteiger partial charge is 0.481 e. The van der Waals surface area contributed by atoms with Crippen LogP contribution in [0.2, 0.25) is 0 Å². The fourth-order valence-corrected chi connectivity index (χ4v) is 2.51. The smallest absolute Gasteiger partial charge is 0.319 e. The van der Waals surface area contributed by atoms with Gasteiger partial charge >= 0.3 is 6.03 Å². The highest BCUT2D eigenvalue weighted by Crippen LogP contribution is 2.23. The van der Waals surface area contributed by atoms with Gasteiger partial charge in [0.05, 0.1) is 19.0 Å². The van der Waals surface area contributed by atoms with E-state index in [0.29, 0.717) is 24.0 Å². The quantitative estimate of drug-likeness (QED) is 0.671. The standard InChI is InChI=1S/C21H22N4O3/c1-14-6-8-18(11-15(14)2)28-19-9-7-17(13-23-19)25-21(26)24-12-16-5-4-10-22-20(16)27-3/h4-11,13H,12H2,1-3H3,(H2,24,25,26). The minimum atomic E-state index is -0.351. The molecule has 7 nitrogen and oxygen atoms in total. The molecule has 144 valence electrons. The molecule has 0 radical (unpaired) electrons. The molecule has 0 saturated carbocycles. The number of pyridine rings is 2. The molecular formula is C21H22N4O3. The van der Waals surface area contributed by atoms with Gasteiger partial charge in [-0.05, 0) is 49.2 Å². The van der Waals surface area contributed by atoms with Gasteiger partial charge in [-0.1, -0.05) is 12.1 Å². The van der Waals surface area contributed by atoms with E-state index in [2.05, 4.69) is 20.6 Å². The summed E-state index contributed by atoms with van der Waals surface area (Å²) in [6.45, 7) is 4.37. The zero-order chi connectivity index (χ0) is 19.9. The third kappa shape index (κ3) is 4.97. The predicted molar refractivity (Wildman–Crippen MR) is 107 cm³/mol. The number of benzene rings is 1. The summed E-state index contributed by atoms with van der Waals surface area (Å²) in [5, 5.41) is 5.49. The Morgan fingerprint density at radius 1 is 1.07 bits per heavy atom. The van der Waals surface area contributed by atoms with Crippen LogP contribution < -0.4 is 20.1 Å². The van der Waals surface area contributed by atoms with E-state index < -0.39 is 0 Å². The number of aromatic nitrogens is 2. The van der Waals surface area contributed by atoms with Crippen LogP contribution in [0.25, 0.3) is 0 Å². The van der Waals surface area contributed by atoms with Gasteiger partial charge in [-0.2, -0.15) is 0 Å². The summed E-state index contributed by atoms with van der Waals surface area (Å²) >= 11 is 0. The maximum atomic E-state index is 12.1. The molecule has 2 heterocycles. The summed E-state index contributed by atoms with van der Waals surface area (Å²) in [5.74, 6) is 1.66. The van der Waals surface area contributed by atoms with E-state index in [1.54, 1.807) is 37.7 Å². The molecule has 2 amide bonds. The van der Waals surface area contributed by atoms with Crippen LogP contribution in [-0.4, -0.2) is 23.1 Å². The lowest BCUT2D eigenvalue weighted by atomic mass is 10.1. The lowest BCUT2D eigenvalue weighted by molar-refractivity contribution is 0.251. The van der Waals surface area contributed by atoms with Gasteiger partial charge < -0.3 is 20.1 Å². The van der Waals surface area contributed by atoms with E-state index in [1.165, 1.54) is 5.56 Å². The van der Waals surface area contributed by atoms with Gasteiger partial charge in [0, 0.05) is 24.4 Å². The molecule has 2 N–H and O–H groups in total. The number of amides is 2. The fraction of sp³-hybridized carbons (Fsp3) is 0.190.